The molecule has 0 aliphatic rings. The molecule has 1 amide bonds. The van der Waals surface area contributed by atoms with Crippen molar-refractivity contribution < 1.29 is 19.2 Å². The van der Waals surface area contributed by atoms with Crippen molar-refractivity contribution in [3.05, 3.63) is 198 Å². The highest BCUT2D eigenvalue weighted by Crippen LogP contribution is 2.29. The van der Waals surface area contributed by atoms with Crippen LogP contribution >= 0.6 is 45.3 Å². The van der Waals surface area contributed by atoms with E-state index in [0.29, 0.717) is 16.0 Å². The fraction of sp³-hybridized carbons (Fsp3) is 0.286. The molecule has 0 saturated carbocycles. The van der Waals surface area contributed by atoms with Crippen LogP contribution in [-0.2, 0) is 9.63 Å². The molecule has 5 heterocycles. The van der Waals surface area contributed by atoms with E-state index in [4.69, 9.17) is 11.5 Å². The number of thiazole rings is 4. The number of aromatic nitrogens is 6. The summed E-state index contributed by atoms with van der Waals surface area (Å²) in [5, 5.41) is 6.39. The summed E-state index contributed by atoms with van der Waals surface area (Å²) in [6, 6.07) is 52.8. The lowest BCUT2D eigenvalue weighted by Crippen LogP contribution is -2.21. The monoisotopic (exact) mass is 1300 g/mol. The molecule has 20 heteroatoms. The molecular formula is C70H96N12O4S4. The molecule has 16 nitrogen and oxygen atoms in total. The van der Waals surface area contributed by atoms with Gasteiger partial charge in [0.1, 0.15) is 10.7 Å². The number of nitrogens with zero attached hydrogens (tertiary/aromatic N) is 9. The first-order valence-corrected chi connectivity index (χ1v) is 33.4. The molecule has 484 valence electrons. The summed E-state index contributed by atoms with van der Waals surface area (Å²) in [6.45, 7) is 31.0. The number of para-hydroxylation sites is 6. The highest BCUT2D eigenvalue weighted by molar-refractivity contribution is 7.21. The molecule has 6 aromatic carbocycles. The van der Waals surface area contributed by atoms with E-state index in [2.05, 4.69) is 57.2 Å². The minimum Gasteiger partial charge on any atom is -0.383 e. The maximum absolute atomic E-state index is 11.8. The van der Waals surface area contributed by atoms with E-state index in [9.17, 15) is 14.4 Å². The van der Waals surface area contributed by atoms with Crippen molar-refractivity contribution in [2.45, 2.75) is 111 Å². The minimum atomic E-state index is -0.0949. The molecule has 0 fully saturated rings. The standard InChI is InChI=1S/C17H12N4S.C12H12N2OS.C9H7NOS.C7H9N3.C7H5NS.C4H9NO2.7C2H6/c1-2-6-12(7-3-1)19-17-18-11-10-14(21-17)16-20-13-8-4-5-9-15(13)22-16;1-14(2)8-7-10(15)12-13-9-5-3-4-6-11(9)16-12;1-6(11)9-10-7-4-2-3-5-8(7)12-9;8-7(9)10-6-4-2-1-3-5-6;1-2-4-7-6(3-1)8-5-9-7;1-4(6)5(2)7-3;7*1-2/h1-11H,(H,18,19,21);3-8H,1-2H3;2-5H,1H3;1-5H,(H4,8,9,10);1-5H;1-3H3;7*1-2H3. The van der Waals surface area contributed by atoms with Gasteiger partial charge in [0.15, 0.2) is 21.8 Å². The molecular weight excluding hydrogens is 1200 g/mol. The van der Waals surface area contributed by atoms with Gasteiger partial charge in [-0.1, -0.05) is 182 Å². The molecule has 5 N–H and O–H groups in total. The zero-order valence-corrected chi connectivity index (χ0v) is 59.6. The SMILES string of the molecule is CC.CC.CC.CC.CC.CC.CC.CC(=O)c1nc2ccccc2s1.CN(C)C=CC(=O)c1nc2ccccc2s1.CON(C)C(C)=O.NC(N)=Nc1ccccc1.c1ccc(Nc2nccc(-c3nc4ccccc4s3)n2)cc1.c1ccc2scnc2c1. The Bertz CT molecular complexity index is 3530. The van der Waals surface area contributed by atoms with Gasteiger partial charge >= 0.3 is 0 Å². The van der Waals surface area contributed by atoms with Crippen molar-refractivity contribution >= 4 is 127 Å². The van der Waals surface area contributed by atoms with Crippen LogP contribution in [0.15, 0.2) is 193 Å². The predicted octanol–water partition coefficient (Wildman–Crippen LogP) is 19.6. The third-order valence-corrected chi connectivity index (χ3v) is 13.8. The minimum absolute atomic E-state index is 0.0381. The second-order valence-corrected chi connectivity index (χ2v) is 19.8. The Morgan fingerprint density at radius 2 is 0.944 bits per heavy atom. The molecule has 5 aromatic heterocycles. The molecule has 0 aliphatic heterocycles. The first kappa shape index (κ1) is 83.4. The maximum atomic E-state index is 11.8. The molecule has 90 heavy (non-hydrogen) atoms. The van der Waals surface area contributed by atoms with E-state index >= 15 is 0 Å². The zero-order valence-electron chi connectivity index (χ0n) is 56.3. The Balaban J connectivity index is 0. The number of rotatable bonds is 9. The summed E-state index contributed by atoms with van der Waals surface area (Å²) in [4.78, 5) is 69.1. The lowest BCUT2D eigenvalue weighted by atomic mass is 10.3. The first-order chi connectivity index (χ1) is 43.8. The van der Waals surface area contributed by atoms with Crippen molar-refractivity contribution in [1.29, 1.82) is 0 Å². The molecule has 0 atom stereocenters. The molecule has 0 aliphatic carbocycles. The molecule has 0 saturated heterocycles. The number of nitrogens with two attached hydrogens (primary N) is 2. The van der Waals surface area contributed by atoms with E-state index in [1.54, 1.807) is 42.1 Å². The van der Waals surface area contributed by atoms with E-state index in [0.717, 1.165) is 63.3 Å². The van der Waals surface area contributed by atoms with Crippen LogP contribution in [0.2, 0.25) is 0 Å². The Morgan fingerprint density at radius 3 is 1.38 bits per heavy atom. The zero-order chi connectivity index (χ0) is 68.2. The number of ketones is 2. The second kappa shape index (κ2) is 52.3. The van der Waals surface area contributed by atoms with Crippen LogP contribution in [-0.4, -0.2) is 91.6 Å². The largest absolute Gasteiger partial charge is 0.383 e. The smallest absolute Gasteiger partial charge is 0.242 e. The van der Waals surface area contributed by atoms with Gasteiger partial charge < -0.3 is 21.7 Å². The van der Waals surface area contributed by atoms with Crippen molar-refractivity contribution in [2.24, 2.45) is 16.5 Å². The van der Waals surface area contributed by atoms with Crippen molar-refractivity contribution in [3.63, 3.8) is 0 Å². The lowest BCUT2D eigenvalue weighted by Gasteiger charge is -2.08. The highest BCUT2D eigenvalue weighted by atomic mass is 32.1. The summed E-state index contributed by atoms with van der Waals surface area (Å²) in [5.74, 6) is 0.558. The molecule has 0 radical (unpaired) electrons. The quantitative estimate of drug-likeness (QED) is 0.0402. The number of hydroxylamine groups is 2. The predicted molar refractivity (Wildman–Crippen MR) is 393 cm³/mol. The van der Waals surface area contributed by atoms with E-state index in [1.807, 2.05) is 273 Å². The molecule has 0 unspecified atom stereocenters. The average Bonchev–Trinajstić information content (AvgIpc) is 3.78. The number of allylic oxidation sites excluding steroid dienone is 1. The number of Topliss-reactive ketones (excluding diaryl/α,β-unsaturated/α-hetero) is 1. The maximum Gasteiger partial charge on any atom is 0.242 e. The summed E-state index contributed by atoms with van der Waals surface area (Å²) in [5.41, 5.74) is 18.6. The third-order valence-electron chi connectivity index (χ3n) is 9.79. The van der Waals surface area contributed by atoms with Crippen LogP contribution in [0.5, 0.6) is 0 Å². The fourth-order valence-electron chi connectivity index (χ4n) is 6.04. The number of anilines is 2. The topological polar surface area (TPSA) is 221 Å². The third kappa shape index (κ3) is 32.5. The highest BCUT2D eigenvalue weighted by Gasteiger charge is 2.11. The van der Waals surface area contributed by atoms with Crippen LogP contribution in [0, 0.1) is 0 Å². The van der Waals surface area contributed by atoms with Gasteiger partial charge in [-0.05, 0) is 78.9 Å². The van der Waals surface area contributed by atoms with Gasteiger partial charge in [-0.2, -0.15) is 0 Å². The number of amides is 1. The number of nitrogens with one attached hydrogen (secondary N) is 1. The number of benzene rings is 6. The first-order valence-electron chi connectivity index (χ1n) is 30.1. The van der Waals surface area contributed by atoms with E-state index in [-0.39, 0.29) is 23.4 Å². The Hall–Kier alpha value is -8.66. The van der Waals surface area contributed by atoms with Gasteiger partial charge in [0.25, 0.3) is 0 Å². The summed E-state index contributed by atoms with van der Waals surface area (Å²) in [6.07, 6.45) is 5.02. The van der Waals surface area contributed by atoms with Gasteiger partial charge in [-0.25, -0.2) is 40.0 Å². The van der Waals surface area contributed by atoms with E-state index < -0.39 is 0 Å². The molecule has 11 aromatic rings. The number of aliphatic imine (C=N–C) groups is 1. The average molecular weight is 1300 g/mol. The van der Waals surface area contributed by atoms with Gasteiger partial charge in [0.05, 0.1) is 59.2 Å². The lowest BCUT2D eigenvalue weighted by molar-refractivity contribution is -0.165. The van der Waals surface area contributed by atoms with Gasteiger partial charge in [-0.15, -0.1) is 45.3 Å². The van der Waals surface area contributed by atoms with Crippen molar-refractivity contribution in [2.75, 3.05) is 33.6 Å². The fourth-order valence-corrected chi connectivity index (χ4v) is 9.40. The summed E-state index contributed by atoms with van der Waals surface area (Å²) >= 11 is 6.18. The van der Waals surface area contributed by atoms with Gasteiger partial charge in [-0.3, -0.25) is 19.2 Å². The number of fused-ring (bicyclic) bond motifs is 4. The summed E-state index contributed by atoms with van der Waals surface area (Å²) < 4.78 is 4.54. The Labute approximate surface area is 551 Å². The Morgan fingerprint density at radius 1 is 0.511 bits per heavy atom. The van der Waals surface area contributed by atoms with Crippen LogP contribution in [0.4, 0.5) is 17.3 Å². The number of carbonyl (C=O) groups is 3. The molecule has 0 spiro atoms. The molecule has 0 bridgehead atoms. The van der Waals surface area contributed by atoms with Crippen molar-refractivity contribution in [3.8, 4) is 10.7 Å². The van der Waals surface area contributed by atoms with Crippen LogP contribution in [0.25, 0.3) is 51.6 Å². The number of carbonyl (C=O) groups excluding carboxylic acids is 3. The Kier molecular flexibility index (Phi) is 48.5. The van der Waals surface area contributed by atoms with Crippen LogP contribution in [0.3, 0.4) is 0 Å². The number of guanidine groups is 1. The molecule has 11 rings (SSSR count). The van der Waals surface area contributed by atoms with E-state index in [1.165, 1.54) is 54.4 Å². The van der Waals surface area contributed by atoms with Gasteiger partial charge in [0, 0.05) is 59.2 Å². The summed E-state index contributed by atoms with van der Waals surface area (Å²) in [7, 11) is 6.76. The number of hydrogen-bond acceptors (Lipinski definition) is 17. The normalized spacial score (nSPS) is 9.11. The van der Waals surface area contributed by atoms with Crippen LogP contribution in [0.1, 0.15) is 130 Å². The van der Waals surface area contributed by atoms with Gasteiger partial charge in [0.2, 0.25) is 17.6 Å². The second-order valence-electron chi connectivity index (χ2n) is 15.8. The van der Waals surface area contributed by atoms with Crippen molar-refractivity contribution in [1.82, 2.24) is 39.9 Å². The number of hydrogen-bond donors (Lipinski definition) is 3. The van der Waals surface area contributed by atoms with Crippen LogP contribution < -0.4 is 16.8 Å².